The van der Waals surface area contributed by atoms with Crippen LogP contribution in [0.1, 0.15) is 12.6 Å². The van der Waals surface area contributed by atoms with Crippen LogP contribution in [0, 0.1) is 0 Å². The van der Waals surface area contributed by atoms with Crippen LogP contribution in [0.15, 0.2) is 40.5 Å². The molecule has 0 saturated carbocycles. The molecule has 4 rings (SSSR count). The van der Waals surface area contributed by atoms with Crippen molar-refractivity contribution < 1.29 is 4.79 Å². The predicted molar refractivity (Wildman–Crippen MR) is 99.2 cm³/mol. The first-order chi connectivity index (χ1) is 12.7. The Morgan fingerprint density at radius 3 is 2.81 bits per heavy atom. The third kappa shape index (κ3) is 2.58. The van der Waals surface area contributed by atoms with Crippen LogP contribution in [-0.4, -0.2) is 31.2 Å². The number of aromatic amines is 1. The number of aromatic nitrogens is 5. The molecule has 8 nitrogen and oxygen atoms in total. The summed E-state index contributed by atoms with van der Waals surface area (Å²) in [6.07, 6.45) is 1.25. The molecule has 3 aromatic heterocycles. The fraction of sp³-hybridized carbons (Fsp3) is 0.118. The maximum Gasteiger partial charge on any atom is 0.301 e. The molecule has 26 heavy (non-hydrogen) atoms. The summed E-state index contributed by atoms with van der Waals surface area (Å²) in [6.45, 7) is 2.01. The maximum atomic E-state index is 12.9. The highest BCUT2D eigenvalue weighted by atomic mass is 32.1. The monoisotopic (exact) mass is 366 g/mol. The second-order valence-corrected chi connectivity index (χ2v) is 6.36. The molecule has 130 valence electrons. The van der Waals surface area contributed by atoms with Gasteiger partial charge >= 0.3 is 5.56 Å². The highest BCUT2D eigenvalue weighted by Crippen LogP contribution is 2.27. The fourth-order valence-electron chi connectivity index (χ4n) is 2.80. The Morgan fingerprint density at radius 1 is 1.27 bits per heavy atom. The maximum absolute atomic E-state index is 12.9. The lowest BCUT2D eigenvalue weighted by Crippen LogP contribution is -2.19. The van der Waals surface area contributed by atoms with Crippen molar-refractivity contribution in [3.8, 4) is 22.5 Å². The molecular formula is C17H14N6O2S. The quantitative estimate of drug-likeness (QED) is 0.528. The Hall–Kier alpha value is -3.33. The van der Waals surface area contributed by atoms with Crippen molar-refractivity contribution in [1.82, 2.24) is 24.8 Å². The molecule has 0 atom stereocenters. The fourth-order valence-corrected chi connectivity index (χ4v) is 3.46. The molecule has 4 aromatic rings. The Balaban J connectivity index is 1.91. The highest BCUT2D eigenvalue weighted by Gasteiger charge is 2.19. The number of nitrogens with one attached hydrogen (secondary N) is 2. The van der Waals surface area contributed by atoms with Crippen LogP contribution in [0.3, 0.4) is 0 Å². The topological polar surface area (TPSA) is 105 Å². The number of hydrogen-bond acceptors (Lipinski definition) is 6. The average Bonchev–Trinajstić information content (AvgIpc) is 3.28. The van der Waals surface area contributed by atoms with Gasteiger partial charge in [-0.05, 0) is 12.0 Å². The largest absolute Gasteiger partial charge is 0.305 e. The summed E-state index contributed by atoms with van der Waals surface area (Å²) in [7, 11) is 0. The molecule has 0 unspecified atom stereocenters. The average molecular weight is 366 g/mol. The van der Waals surface area contributed by atoms with Crippen molar-refractivity contribution in [3.63, 3.8) is 0 Å². The summed E-state index contributed by atoms with van der Waals surface area (Å²) < 4.78 is 1.40. The van der Waals surface area contributed by atoms with Crippen LogP contribution in [0.4, 0.5) is 5.13 Å². The van der Waals surface area contributed by atoms with Gasteiger partial charge in [-0.15, -0.1) is 21.5 Å². The van der Waals surface area contributed by atoms with Crippen molar-refractivity contribution in [2.75, 3.05) is 5.32 Å². The number of fused-ring (bicyclic) bond motifs is 1. The molecule has 0 spiro atoms. The minimum atomic E-state index is -0.338. The standard InChI is InChI=1S/C17H14N6O2S/c1-2-11-13(10-6-4-3-5-7-10)15-21-20-14(16(25)23(15)22-11)12-8-26-17(19-12)18-9-24/h3-9,22H,2H2,1H3,(H,18,19,24). The summed E-state index contributed by atoms with van der Waals surface area (Å²) in [6, 6.07) is 9.76. The number of anilines is 1. The number of H-pyrrole nitrogens is 1. The van der Waals surface area contributed by atoms with E-state index in [0.29, 0.717) is 29.3 Å². The summed E-state index contributed by atoms with van der Waals surface area (Å²) in [5.41, 5.74) is 3.38. The number of hydrogen-bond donors (Lipinski definition) is 2. The van der Waals surface area contributed by atoms with Crippen LogP contribution >= 0.6 is 11.3 Å². The van der Waals surface area contributed by atoms with Gasteiger partial charge in [-0.1, -0.05) is 37.3 Å². The third-order valence-electron chi connectivity index (χ3n) is 3.98. The minimum Gasteiger partial charge on any atom is -0.305 e. The normalized spacial score (nSPS) is 11.0. The van der Waals surface area contributed by atoms with Gasteiger partial charge in [-0.25, -0.2) is 4.98 Å². The molecule has 2 N–H and O–H groups in total. The van der Waals surface area contributed by atoms with E-state index in [2.05, 4.69) is 25.6 Å². The Labute approximate surface area is 151 Å². The summed E-state index contributed by atoms with van der Waals surface area (Å²) >= 11 is 1.21. The number of amides is 1. The number of aryl methyl sites for hydroxylation is 1. The zero-order valence-corrected chi connectivity index (χ0v) is 14.6. The van der Waals surface area contributed by atoms with Crippen molar-refractivity contribution >= 4 is 28.5 Å². The van der Waals surface area contributed by atoms with Gasteiger partial charge in [-0.3, -0.25) is 14.7 Å². The molecular weight excluding hydrogens is 352 g/mol. The Kier molecular flexibility index (Phi) is 4.05. The van der Waals surface area contributed by atoms with Crippen molar-refractivity contribution in [3.05, 3.63) is 51.8 Å². The zero-order valence-electron chi connectivity index (χ0n) is 13.8. The Bertz CT molecular complexity index is 1150. The first-order valence-corrected chi connectivity index (χ1v) is 8.82. The van der Waals surface area contributed by atoms with E-state index in [1.807, 2.05) is 37.3 Å². The molecule has 0 saturated heterocycles. The lowest BCUT2D eigenvalue weighted by Gasteiger charge is -2.01. The van der Waals surface area contributed by atoms with Gasteiger partial charge in [0.25, 0.3) is 0 Å². The van der Waals surface area contributed by atoms with Crippen LogP contribution in [0.5, 0.6) is 0 Å². The minimum absolute atomic E-state index is 0.126. The molecule has 0 aliphatic rings. The van der Waals surface area contributed by atoms with Crippen molar-refractivity contribution in [2.45, 2.75) is 13.3 Å². The third-order valence-corrected chi connectivity index (χ3v) is 4.75. The van der Waals surface area contributed by atoms with Crippen LogP contribution in [-0.2, 0) is 11.2 Å². The van der Waals surface area contributed by atoms with Crippen LogP contribution < -0.4 is 10.9 Å². The van der Waals surface area contributed by atoms with E-state index in [9.17, 15) is 9.59 Å². The molecule has 1 amide bonds. The number of rotatable bonds is 5. The number of benzene rings is 1. The predicted octanol–water partition coefficient (Wildman–Crippen LogP) is 2.34. The van der Waals surface area contributed by atoms with E-state index in [0.717, 1.165) is 16.8 Å². The van der Waals surface area contributed by atoms with E-state index in [-0.39, 0.29) is 11.3 Å². The summed E-state index contributed by atoms with van der Waals surface area (Å²) in [4.78, 5) is 27.6. The molecule has 0 fully saturated rings. The smallest absolute Gasteiger partial charge is 0.301 e. The van der Waals surface area contributed by atoms with Gasteiger partial charge in [0.15, 0.2) is 16.5 Å². The first-order valence-electron chi connectivity index (χ1n) is 7.94. The van der Waals surface area contributed by atoms with E-state index in [4.69, 9.17) is 0 Å². The van der Waals surface area contributed by atoms with E-state index >= 15 is 0 Å². The van der Waals surface area contributed by atoms with Gasteiger partial charge in [0.05, 0.1) is 0 Å². The van der Waals surface area contributed by atoms with E-state index < -0.39 is 0 Å². The van der Waals surface area contributed by atoms with Gasteiger partial charge in [0, 0.05) is 16.6 Å². The van der Waals surface area contributed by atoms with Crippen molar-refractivity contribution in [1.29, 1.82) is 0 Å². The summed E-state index contributed by atoms with van der Waals surface area (Å²) in [5.74, 6) is 0. The van der Waals surface area contributed by atoms with Gasteiger partial charge in [0.2, 0.25) is 6.41 Å². The van der Waals surface area contributed by atoms with E-state index in [1.54, 1.807) is 5.38 Å². The first kappa shape index (κ1) is 16.2. The molecule has 3 heterocycles. The van der Waals surface area contributed by atoms with Gasteiger partial charge in [0.1, 0.15) is 5.69 Å². The van der Waals surface area contributed by atoms with Crippen LogP contribution in [0.25, 0.3) is 28.2 Å². The molecule has 1 aromatic carbocycles. The van der Waals surface area contributed by atoms with Crippen LogP contribution in [0.2, 0.25) is 0 Å². The number of nitrogens with zero attached hydrogens (tertiary/aromatic N) is 4. The zero-order chi connectivity index (χ0) is 18.1. The second-order valence-electron chi connectivity index (χ2n) is 5.50. The molecule has 0 bridgehead atoms. The van der Waals surface area contributed by atoms with Gasteiger partial charge in [-0.2, -0.15) is 4.52 Å². The molecule has 0 aliphatic carbocycles. The van der Waals surface area contributed by atoms with Gasteiger partial charge < -0.3 is 5.32 Å². The second kappa shape index (κ2) is 6.52. The number of carbonyl (C=O) groups is 1. The lowest BCUT2D eigenvalue weighted by molar-refractivity contribution is -0.105. The molecule has 9 heteroatoms. The molecule has 0 aliphatic heterocycles. The van der Waals surface area contributed by atoms with Crippen molar-refractivity contribution in [2.24, 2.45) is 0 Å². The lowest BCUT2D eigenvalue weighted by atomic mass is 10.0. The molecule has 0 radical (unpaired) electrons. The van der Waals surface area contributed by atoms with E-state index in [1.165, 1.54) is 15.9 Å². The SMILES string of the molecule is CCc1[nH]n2c(=O)c(-c3csc(NC=O)n3)nnc2c1-c1ccccc1. The number of carbonyl (C=O) groups excluding carboxylic acids is 1. The summed E-state index contributed by atoms with van der Waals surface area (Å²) in [5, 5.41) is 16.0. The number of thiazole rings is 1. The highest BCUT2D eigenvalue weighted by molar-refractivity contribution is 7.14. The Morgan fingerprint density at radius 2 is 2.08 bits per heavy atom.